The first-order valence-electron chi connectivity index (χ1n) is 6.79. The minimum absolute atomic E-state index is 0.0431. The number of carbonyl (C=O) groups excluding carboxylic acids is 2. The third kappa shape index (κ3) is 3.51. The van der Waals surface area contributed by atoms with Gasteiger partial charge in [0.25, 0.3) is 0 Å². The maximum Gasteiger partial charge on any atom is 0.220 e. The van der Waals surface area contributed by atoms with Crippen molar-refractivity contribution in [1.82, 2.24) is 10.6 Å². The third-order valence-electron chi connectivity index (χ3n) is 3.65. The molecule has 0 aromatic heterocycles. The molecule has 0 radical (unpaired) electrons. The summed E-state index contributed by atoms with van der Waals surface area (Å²) in [5, 5.41) is 5.96. The number of carbonyl (C=O) groups is 2. The van der Waals surface area contributed by atoms with E-state index in [-0.39, 0.29) is 23.9 Å². The van der Waals surface area contributed by atoms with Crippen molar-refractivity contribution in [3.8, 4) is 0 Å². The first-order chi connectivity index (χ1) is 8.66. The number of rotatable bonds is 2. The van der Waals surface area contributed by atoms with Crippen molar-refractivity contribution in [3.63, 3.8) is 0 Å². The second-order valence-electron chi connectivity index (χ2n) is 5.13. The quantitative estimate of drug-likeness (QED) is 0.746. The van der Waals surface area contributed by atoms with Gasteiger partial charge in [0.05, 0.1) is 12.1 Å². The molecule has 2 aliphatic heterocycles. The highest BCUT2D eigenvalue weighted by Crippen LogP contribution is 2.17. The highest BCUT2D eigenvalue weighted by molar-refractivity contribution is 7.80. The number of thiocarbonyl (C=S) groups is 1. The Morgan fingerprint density at radius 3 is 1.78 bits per heavy atom. The Bertz CT molecular complexity index is 325. The van der Waals surface area contributed by atoms with E-state index < -0.39 is 0 Å². The summed E-state index contributed by atoms with van der Waals surface area (Å²) in [7, 11) is 0. The van der Waals surface area contributed by atoms with Crippen LogP contribution in [0.1, 0.15) is 51.4 Å². The Morgan fingerprint density at radius 1 is 0.889 bits per heavy atom. The van der Waals surface area contributed by atoms with Crippen molar-refractivity contribution in [2.45, 2.75) is 63.5 Å². The van der Waals surface area contributed by atoms with Crippen LogP contribution in [0.25, 0.3) is 0 Å². The van der Waals surface area contributed by atoms with Crippen LogP contribution in [0.5, 0.6) is 0 Å². The van der Waals surface area contributed by atoms with Crippen molar-refractivity contribution in [1.29, 1.82) is 0 Å². The van der Waals surface area contributed by atoms with Crippen LogP contribution in [0.4, 0.5) is 0 Å². The largest absolute Gasteiger partial charge is 0.349 e. The van der Waals surface area contributed by atoms with Crippen molar-refractivity contribution >= 4 is 28.9 Å². The zero-order valence-corrected chi connectivity index (χ0v) is 11.4. The van der Waals surface area contributed by atoms with Crippen LogP contribution in [0.15, 0.2) is 0 Å². The molecule has 0 aliphatic carbocycles. The summed E-state index contributed by atoms with van der Waals surface area (Å²) in [5.41, 5.74) is 0. The van der Waals surface area contributed by atoms with Gasteiger partial charge in [0.2, 0.25) is 11.8 Å². The van der Waals surface area contributed by atoms with Crippen LogP contribution >= 0.6 is 12.2 Å². The molecule has 100 valence electrons. The van der Waals surface area contributed by atoms with Gasteiger partial charge in [-0.15, -0.1) is 0 Å². The minimum atomic E-state index is -0.0431. The average Bonchev–Trinajstić information content (AvgIpc) is 2.68. The van der Waals surface area contributed by atoms with Crippen LogP contribution < -0.4 is 10.6 Å². The molecule has 5 heteroatoms. The van der Waals surface area contributed by atoms with E-state index >= 15 is 0 Å². The minimum Gasteiger partial charge on any atom is -0.349 e. The lowest BCUT2D eigenvalue weighted by atomic mass is 9.99. The molecule has 2 unspecified atom stereocenters. The van der Waals surface area contributed by atoms with E-state index in [0.717, 1.165) is 43.4 Å². The fraction of sp³-hybridized carbons (Fsp3) is 0.769. The predicted octanol–water partition coefficient (Wildman–Crippen LogP) is 1.47. The molecule has 0 bridgehead atoms. The highest BCUT2D eigenvalue weighted by atomic mass is 32.1. The summed E-state index contributed by atoms with van der Waals surface area (Å²) in [4.78, 5) is 23.9. The van der Waals surface area contributed by atoms with E-state index in [2.05, 4.69) is 10.6 Å². The summed E-state index contributed by atoms with van der Waals surface area (Å²) in [6.45, 7) is 0. The molecule has 0 spiro atoms. The smallest absolute Gasteiger partial charge is 0.220 e. The monoisotopic (exact) mass is 268 g/mol. The van der Waals surface area contributed by atoms with Crippen LogP contribution in [0, 0.1) is 0 Å². The molecule has 2 rings (SSSR count). The Morgan fingerprint density at radius 2 is 1.33 bits per heavy atom. The van der Waals surface area contributed by atoms with Crippen LogP contribution in [-0.4, -0.2) is 28.8 Å². The molecule has 2 amide bonds. The normalized spacial score (nSPS) is 29.8. The number of hydrogen-bond acceptors (Lipinski definition) is 3. The fourth-order valence-electron chi connectivity index (χ4n) is 2.61. The number of amides is 2. The molecule has 2 atom stereocenters. The summed E-state index contributed by atoms with van der Waals surface area (Å²) in [5.74, 6) is 0.166. The molecule has 0 aromatic carbocycles. The molecule has 2 saturated heterocycles. The first kappa shape index (κ1) is 13.5. The average molecular weight is 268 g/mol. The maximum atomic E-state index is 11.6. The third-order valence-corrected chi connectivity index (χ3v) is 4.22. The van der Waals surface area contributed by atoms with Crippen LogP contribution in [-0.2, 0) is 9.59 Å². The van der Waals surface area contributed by atoms with Crippen molar-refractivity contribution in [3.05, 3.63) is 0 Å². The highest BCUT2D eigenvalue weighted by Gasteiger charge is 2.27. The predicted molar refractivity (Wildman–Crippen MR) is 73.4 cm³/mol. The van der Waals surface area contributed by atoms with Gasteiger partial charge in [0.15, 0.2) is 0 Å². The van der Waals surface area contributed by atoms with E-state index in [1.807, 2.05) is 0 Å². The standard InChI is InChI=1S/C13H20N2O2S/c16-11-7-3-1-5-9(14-11)13(18)10-6-2-4-8-12(17)15-10/h9-10H,1-8H2,(H,14,16)(H,15,17). The topological polar surface area (TPSA) is 58.2 Å². The van der Waals surface area contributed by atoms with Gasteiger partial charge in [-0.25, -0.2) is 0 Å². The second-order valence-corrected chi connectivity index (χ2v) is 5.61. The van der Waals surface area contributed by atoms with Crippen LogP contribution in [0.3, 0.4) is 0 Å². The SMILES string of the molecule is O=C1CCCCC(C(=S)C2CCCCC(=O)N2)N1. The maximum absolute atomic E-state index is 11.6. The lowest BCUT2D eigenvalue weighted by Crippen LogP contribution is -2.49. The molecule has 0 aromatic rings. The Hall–Kier alpha value is -0.970. The van der Waals surface area contributed by atoms with E-state index in [0.29, 0.717) is 12.8 Å². The zero-order chi connectivity index (χ0) is 13.0. The molecule has 2 heterocycles. The number of hydrogen-bond donors (Lipinski definition) is 2. The molecule has 0 saturated carbocycles. The lowest BCUT2D eigenvalue weighted by molar-refractivity contribution is -0.121. The fourth-order valence-corrected chi connectivity index (χ4v) is 2.97. The van der Waals surface area contributed by atoms with Gasteiger partial charge in [-0.3, -0.25) is 9.59 Å². The summed E-state index contributed by atoms with van der Waals surface area (Å²) in [6, 6.07) is -0.0863. The summed E-state index contributed by atoms with van der Waals surface area (Å²) < 4.78 is 0. The molecular formula is C13H20N2O2S. The van der Waals surface area contributed by atoms with Crippen LogP contribution in [0.2, 0.25) is 0 Å². The molecule has 4 nitrogen and oxygen atoms in total. The molecule has 2 aliphatic rings. The van der Waals surface area contributed by atoms with Gasteiger partial charge < -0.3 is 10.6 Å². The number of nitrogens with one attached hydrogen (secondary N) is 2. The zero-order valence-electron chi connectivity index (χ0n) is 10.5. The molecule has 18 heavy (non-hydrogen) atoms. The molecular weight excluding hydrogens is 248 g/mol. The van der Waals surface area contributed by atoms with E-state index in [4.69, 9.17) is 12.2 Å². The van der Waals surface area contributed by atoms with Gasteiger partial charge in [0.1, 0.15) is 0 Å². The van der Waals surface area contributed by atoms with Crippen molar-refractivity contribution in [2.24, 2.45) is 0 Å². The molecule has 2 fully saturated rings. The van der Waals surface area contributed by atoms with Gasteiger partial charge in [-0.2, -0.15) is 0 Å². The van der Waals surface area contributed by atoms with E-state index in [1.54, 1.807) is 0 Å². The van der Waals surface area contributed by atoms with E-state index in [1.165, 1.54) is 0 Å². The Balaban J connectivity index is 1.99. The van der Waals surface area contributed by atoms with E-state index in [9.17, 15) is 9.59 Å². The van der Waals surface area contributed by atoms with Crippen molar-refractivity contribution in [2.75, 3.05) is 0 Å². The van der Waals surface area contributed by atoms with Gasteiger partial charge in [0, 0.05) is 17.7 Å². The van der Waals surface area contributed by atoms with Gasteiger partial charge in [-0.1, -0.05) is 25.1 Å². The first-order valence-corrected chi connectivity index (χ1v) is 7.20. The van der Waals surface area contributed by atoms with Gasteiger partial charge in [-0.05, 0) is 25.7 Å². The summed E-state index contributed by atoms with van der Waals surface area (Å²) in [6.07, 6.45) is 6.89. The Kier molecular flexibility index (Phi) is 4.69. The Labute approximate surface area is 113 Å². The van der Waals surface area contributed by atoms with Crippen molar-refractivity contribution < 1.29 is 9.59 Å². The second kappa shape index (κ2) is 6.27. The lowest BCUT2D eigenvalue weighted by Gasteiger charge is -2.24. The van der Waals surface area contributed by atoms with Gasteiger partial charge >= 0.3 is 0 Å². The summed E-state index contributed by atoms with van der Waals surface area (Å²) >= 11 is 5.49. The molecule has 2 N–H and O–H groups in total.